The minimum Gasteiger partial charge on any atom is -0.462 e. The highest BCUT2D eigenvalue weighted by molar-refractivity contribution is 7.80. The first-order valence-corrected chi connectivity index (χ1v) is 9.89. The van der Waals surface area contributed by atoms with E-state index in [1.807, 2.05) is 51.1 Å². The SMILES string of the molecule is CCOC(=O)c1cc(-c2ccccc2)sc1NC(=S)NC(=O)CC(C)(C)C. The Bertz CT molecular complexity index is 823. The third-order valence-electron chi connectivity index (χ3n) is 3.46. The summed E-state index contributed by atoms with van der Waals surface area (Å²) in [7, 11) is 0. The lowest BCUT2D eigenvalue weighted by molar-refractivity contribution is -0.121. The van der Waals surface area contributed by atoms with Gasteiger partial charge in [0.2, 0.25) is 5.91 Å². The highest BCUT2D eigenvalue weighted by atomic mass is 32.1. The summed E-state index contributed by atoms with van der Waals surface area (Å²) >= 11 is 6.63. The van der Waals surface area contributed by atoms with E-state index in [0.717, 1.165) is 10.4 Å². The Morgan fingerprint density at radius 1 is 1.19 bits per heavy atom. The maximum atomic E-state index is 12.3. The first-order valence-electron chi connectivity index (χ1n) is 8.67. The van der Waals surface area contributed by atoms with E-state index >= 15 is 0 Å². The molecular formula is C20H24N2O3S2. The summed E-state index contributed by atoms with van der Waals surface area (Å²) in [6.07, 6.45) is 0.346. The molecule has 5 nitrogen and oxygen atoms in total. The molecule has 0 bridgehead atoms. The van der Waals surface area contributed by atoms with Crippen LogP contribution in [0.5, 0.6) is 0 Å². The number of amides is 1. The summed E-state index contributed by atoms with van der Waals surface area (Å²) in [6, 6.07) is 11.5. The zero-order valence-electron chi connectivity index (χ0n) is 15.9. The summed E-state index contributed by atoms with van der Waals surface area (Å²) < 4.78 is 5.14. The van der Waals surface area contributed by atoms with Crippen molar-refractivity contribution < 1.29 is 14.3 Å². The van der Waals surface area contributed by atoms with Gasteiger partial charge in [-0.3, -0.25) is 4.79 Å². The molecule has 27 heavy (non-hydrogen) atoms. The van der Waals surface area contributed by atoms with Crippen LogP contribution in [0.25, 0.3) is 10.4 Å². The van der Waals surface area contributed by atoms with Crippen molar-refractivity contribution in [3.05, 3.63) is 42.0 Å². The quantitative estimate of drug-likeness (QED) is 0.551. The fourth-order valence-corrected chi connectivity index (χ4v) is 3.71. The molecule has 0 atom stereocenters. The Hall–Kier alpha value is -2.25. The lowest BCUT2D eigenvalue weighted by atomic mass is 9.92. The van der Waals surface area contributed by atoms with E-state index in [-0.39, 0.29) is 23.0 Å². The molecule has 1 amide bonds. The van der Waals surface area contributed by atoms with Crippen LogP contribution in [0.4, 0.5) is 5.00 Å². The van der Waals surface area contributed by atoms with Crippen molar-refractivity contribution in [1.82, 2.24) is 5.32 Å². The predicted molar refractivity (Wildman–Crippen MR) is 114 cm³/mol. The molecule has 2 rings (SSSR count). The fourth-order valence-electron chi connectivity index (χ4n) is 2.38. The van der Waals surface area contributed by atoms with Crippen molar-refractivity contribution in [3.63, 3.8) is 0 Å². The van der Waals surface area contributed by atoms with Gasteiger partial charge in [-0.15, -0.1) is 11.3 Å². The molecule has 0 fully saturated rings. The number of carbonyl (C=O) groups is 2. The van der Waals surface area contributed by atoms with Crippen LogP contribution >= 0.6 is 23.6 Å². The van der Waals surface area contributed by atoms with Crippen LogP contribution in [0, 0.1) is 5.41 Å². The van der Waals surface area contributed by atoms with Crippen LogP contribution in [0.3, 0.4) is 0 Å². The zero-order chi connectivity index (χ0) is 20.0. The van der Waals surface area contributed by atoms with Gasteiger partial charge in [0.15, 0.2) is 5.11 Å². The first kappa shape index (κ1) is 21.1. The Labute approximate surface area is 169 Å². The van der Waals surface area contributed by atoms with Crippen molar-refractivity contribution in [3.8, 4) is 10.4 Å². The summed E-state index contributed by atoms with van der Waals surface area (Å²) in [5, 5.41) is 6.35. The van der Waals surface area contributed by atoms with Crippen LogP contribution in [0.1, 0.15) is 44.5 Å². The Morgan fingerprint density at radius 3 is 2.44 bits per heavy atom. The van der Waals surface area contributed by atoms with Gasteiger partial charge in [0, 0.05) is 11.3 Å². The highest BCUT2D eigenvalue weighted by Gasteiger charge is 2.21. The number of hydrogen-bond acceptors (Lipinski definition) is 5. The van der Waals surface area contributed by atoms with E-state index < -0.39 is 5.97 Å². The molecule has 0 aliphatic carbocycles. The van der Waals surface area contributed by atoms with E-state index in [1.54, 1.807) is 13.0 Å². The molecule has 0 unspecified atom stereocenters. The van der Waals surface area contributed by atoms with Crippen LogP contribution in [-0.4, -0.2) is 23.6 Å². The maximum absolute atomic E-state index is 12.3. The fraction of sp³-hybridized carbons (Fsp3) is 0.350. The molecule has 0 radical (unpaired) electrons. The first-order chi connectivity index (χ1) is 12.7. The second kappa shape index (κ2) is 9.10. The number of carbonyl (C=O) groups excluding carboxylic acids is 2. The van der Waals surface area contributed by atoms with Crippen LogP contribution in [-0.2, 0) is 9.53 Å². The number of benzene rings is 1. The van der Waals surface area contributed by atoms with Gasteiger partial charge in [-0.25, -0.2) is 4.79 Å². The molecule has 1 aromatic carbocycles. The van der Waals surface area contributed by atoms with Crippen molar-refractivity contribution in [2.24, 2.45) is 5.41 Å². The monoisotopic (exact) mass is 404 g/mol. The van der Waals surface area contributed by atoms with Gasteiger partial charge >= 0.3 is 5.97 Å². The lowest BCUT2D eigenvalue weighted by Gasteiger charge is -2.17. The predicted octanol–water partition coefficient (Wildman–Crippen LogP) is 4.84. The molecule has 2 N–H and O–H groups in total. The molecule has 2 aromatic rings. The Balaban J connectivity index is 2.21. The van der Waals surface area contributed by atoms with Gasteiger partial charge in [0.25, 0.3) is 0 Å². The molecule has 0 saturated heterocycles. The summed E-state index contributed by atoms with van der Waals surface area (Å²) in [5.41, 5.74) is 1.25. The third-order valence-corrected chi connectivity index (χ3v) is 4.76. The standard InChI is InChI=1S/C20H24N2O3S2/c1-5-25-18(24)14-11-15(13-9-7-6-8-10-13)27-17(14)22-19(26)21-16(23)12-20(2,3)4/h6-11H,5,12H2,1-4H3,(H2,21,22,23,26). The minimum absolute atomic E-state index is 0.140. The molecule has 7 heteroatoms. The van der Waals surface area contributed by atoms with Gasteiger partial charge in [0.05, 0.1) is 12.2 Å². The van der Waals surface area contributed by atoms with Gasteiger partial charge in [0.1, 0.15) is 5.00 Å². The second-order valence-corrected chi connectivity index (χ2v) is 8.64. The largest absolute Gasteiger partial charge is 0.462 e. The van der Waals surface area contributed by atoms with Gasteiger partial charge in [-0.05, 0) is 36.2 Å². The number of thiocarbonyl (C=S) groups is 1. The van der Waals surface area contributed by atoms with E-state index in [4.69, 9.17) is 17.0 Å². The Kier molecular flexibility index (Phi) is 7.10. The van der Waals surface area contributed by atoms with Crippen LogP contribution in [0.2, 0.25) is 0 Å². The summed E-state index contributed by atoms with van der Waals surface area (Å²) in [6.45, 7) is 7.97. The van der Waals surface area contributed by atoms with Crippen molar-refractivity contribution in [1.29, 1.82) is 0 Å². The zero-order valence-corrected chi connectivity index (χ0v) is 17.6. The average molecular weight is 405 g/mol. The molecule has 1 heterocycles. The van der Waals surface area contributed by atoms with Gasteiger partial charge in [-0.1, -0.05) is 51.1 Å². The molecule has 0 aliphatic heterocycles. The van der Waals surface area contributed by atoms with Crippen molar-refractivity contribution in [2.75, 3.05) is 11.9 Å². The molecule has 0 saturated carbocycles. The highest BCUT2D eigenvalue weighted by Crippen LogP contribution is 2.35. The number of rotatable bonds is 5. The smallest absolute Gasteiger partial charge is 0.341 e. The summed E-state index contributed by atoms with van der Waals surface area (Å²) in [5.74, 6) is -0.597. The maximum Gasteiger partial charge on any atom is 0.341 e. The summed E-state index contributed by atoms with van der Waals surface area (Å²) in [4.78, 5) is 25.3. The van der Waals surface area contributed by atoms with Gasteiger partial charge in [-0.2, -0.15) is 0 Å². The molecule has 144 valence electrons. The topological polar surface area (TPSA) is 67.4 Å². The number of thiophene rings is 1. The van der Waals surface area contributed by atoms with Crippen molar-refractivity contribution >= 4 is 45.5 Å². The average Bonchev–Trinajstić information content (AvgIpc) is 2.97. The lowest BCUT2D eigenvalue weighted by Crippen LogP contribution is -2.36. The minimum atomic E-state index is -0.428. The third kappa shape index (κ3) is 6.45. The molecular weight excluding hydrogens is 380 g/mol. The van der Waals surface area contributed by atoms with Gasteiger partial charge < -0.3 is 15.4 Å². The number of hydrogen-bond donors (Lipinski definition) is 2. The second-order valence-electron chi connectivity index (χ2n) is 7.18. The van der Waals surface area contributed by atoms with Crippen molar-refractivity contribution in [2.45, 2.75) is 34.1 Å². The Morgan fingerprint density at radius 2 is 1.85 bits per heavy atom. The van der Waals surface area contributed by atoms with Crippen LogP contribution < -0.4 is 10.6 Å². The molecule has 0 aliphatic rings. The van der Waals surface area contributed by atoms with Crippen LogP contribution in [0.15, 0.2) is 36.4 Å². The normalized spacial score (nSPS) is 11.0. The molecule has 0 spiro atoms. The molecule has 1 aromatic heterocycles. The number of nitrogens with one attached hydrogen (secondary N) is 2. The van der Waals surface area contributed by atoms with E-state index in [2.05, 4.69) is 10.6 Å². The van der Waals surface area contributed by atoms with E-state index in [9.17, 15) is 9.59 Å². The number of esters is 1. The van der Waals surface area contributed by atoms with E-state index in [0.29, 0.717) is 17.0 Å². The van der Waals surface area contributed by atoms with E-state index in [1.165, 1.54) is 11.3 Å². The number of anilines is 1. The number of ether oxygens (including phenoxy) is 1.